The third-order valence-corrected chi connectivity index (χ3v) is 4.36. The van der Waals surface area contributed by atoms with Crippen LogP contribution in [0.5, 0.6) is 11.5 Å². The highest BCUT2D eigenvalue weighted by Gasteiger charge is 2.17. The average molecular weight is 371 g/mol. The summed E-state index contributed by atoms with van der Waals surface area (Å²) in [7, 11) is 1.60. The Kier molecular flexibility index (Phi) is 5.33. The molecule has 0 aliphatic heterocycles. The monoisotopic (exact) mass is 371 g/mol. The molecule has 8 heteroatoms. The molecule has 0 aliphatic carbocycles. The molecule has 1 heterocycles. The van der Waals surface area contributed by atoms with Gasteiger partial charge >= 0.3 is 5.69 Å². The third kappa shape index (κ3) is 3.75. The summed E-state index contributed by atoms with van der Waals surface area (Å²) in [5.74, 6) is 0.963. The molecule has 2 aromatic carbocycles. The molecular weight excluding hydrogens is 354 g/mol. The maximum absolute atomic E-state index is 11.3. The van der Waals surface area contributed by atoms with Crippen LogP contribution in [0, 0.1) is 10.1 Å². The number of ether oxygens (including phenoxy) is 2. The minimum atomic E-state index is -0.450. The molecule has 1 aromatic heterocycles. The number of aromatic nitrogens is 1. The molecular formula is C18H17N3O4S. The summed E-state index contributed by atoms with van der Waals surface area (Å²) in [5.41, 5.74) is 2.04. The van der Waals surface area contributed by atoms with Crippen molar-refractivity contribution in [3.05, 3.63) is 58.0 Å². The first-order valence-corrected chi connectivity index (χ1v) is 8.77. The van der Waals surface area contributed by atoms with Gasteiger partial charge in [-0.05, 0) is 31.2 Å². The lowest BCUT2D eigenvalue weighted by Crippen LogP contribution is -1.98. The minimum Gasteiger partial charge on any atom is -0.495 e. The Bertz CT molecular complexity index is 926. The van der Waals surface area contributed by atoms with E-state index in [1.807, 2.05) is 29.6 Å². The van der Waals surface area contributed by atoms with E-state index in [1.54, 1.807) is 26.2 Å². The minimum absolute atomic E-state index is 0.0726. The van der Waals surface area contributed by atoms with Gasteiger partial charge in [-0.25, -0.2) is 4.98 Å². The second kappa shape index (κ2) is 7.83. The zero-order valence-corrected chi connectivity index (χ0v) is 15.1. The molecule has 1 N–H and O–H groups in total. The quantitative estimate of drug-likeness (QED) is 0.471. The highest BCUT2D eigenvalue weighted by atomic mass is 32.1. The zero-order valence-electron chi connectivity index (χ0n) is 14.3. The number of anilines is 2. The van der Waals surface area contributed by atoms with Gasteiger partial charge in [0, 0.05) is 17.0 Å². The molecule has 0 saturated carbocycles. The van der Waals surface area contributed by atoms with Crippen LogP contribution in [0.3, 0.4) is 0 Å². The van der Waals surface area contributed by atoms with Crippen LogP contribution in [0.15, 0.2) is 47.8 Å². The summed E-state index contributed by atoms with van der Waals surface area (Å²) in [6.45, 7) is 2.15. The molecule has 0 spiro atoms. The molecule has 0 saturated heterocycles. The number of methoxy groups -OCH3 is 1. The smallest absolute Gasteiger partial charge is 0.311 e. The molecule has 0 fully saturated rings. The Labute approximate surface area is 154 Å². The predicted molar refractivity (Wildman–Crippen MR) is 102 cm³/mol. The Hall–Kier alpha value is -3.13. The van der Waals surface area contributed by atoms with E-state index in [2.05, 4.69) is 10.3 Å². The van der Waals surface area contributed by atoms with Crippen LogP contribution in [0.25, 0.3) is 11.3 Å². The van der Waals surface area contributed by atoms with Gasteiger partial charge in [-0.2, -0.15) is 0 Å². The number of thiazole rings is 1. The predicted octanol–water partition coefficient (Wildman–Crippen LogP) is 4.87. The molecule has 3 aromatic rings. The Balaban J connectivity index is 1.88. The van der Waals surface area contributed by atoms with Crippen molar-refractivity contribution in [3.63, 3.8) is 0 Å². The lowest BCUT2D eigenvalue weighted by atomic mass is 10.1. The number of nitrogens with zero attached hydrogens (tertiary/aromatic N) is 2. The number of nitrogens with one attached hydrogen (secondary N) is 1. The first kappa shape index (κ1) is 17.7. The molecule has 134 valence electrons. The van der Waals surface area contributed by atoms with Crippen LogP contribution < -0.4 is 14.8 Å². The number of rotatable bonds is 7. The van der Waals surface area contributed by atoms with Gasteiger partial charge in [0.25, 0.3) is 0 Å². The van der Waals surface area contributed by atoms with Gasteiger partial charge in [-0.1, -0.05) is 12.1 Å². The van der Waals surface area contributed by atoms with Crippen LogP contribution in [0.4, 0.5) is 16.5 Å². The summed E-state index contributed by atoms with van der Waals surface area (Å²) in [6, 6.07) is 12.4. The van der Waals surface area contributed by atoms with Gasteiger partial charge in [0.1, 0.15) is 5.75 Å². The van der Waals surface area contributed by atoms with E-state index in [1.165, 1.54) is 17.4 Å². The second-order valence-electron chi connectivity index (χ2n) is 5.24. The van der Waals surface area contributed by atoms with Crippen LogP contribution in [-0.4, -0.2) is 23.6 Å². The van der Waals surface area contributed by atoms with Crippen LogP contribution in [-0.2, 0) is 0 Å². The van der Waals surface area contributed by atoms with Crippen molar-refractivity contribution in [1.29, 1.82) is 0 Å². The summed E-state index contributed by atoms with van der Waals surface area (Å²) in [4.78, 5) is 15.3. The van der Waals surface area contributed by atoms with Gasteiger partial charge in [0.2, 0.25) is 0 Å². The topological polar surface area (TPSA) is 86.5 Å². The first-order chi connectivity index (χ1) is 12.6. The van der Waals surface area contributed by atoms with E-state index in [9.17, 15) is 10.1 Å². The summed E-state index contributed by atoms with van der Waals surface area (Å²) >= 11 is 1.41. The molecule has 0 atom stereocenters. The van der Waals surface area contributed by atoms with Gasteiger partial charge < -0.3 is 14.8 Å². The maximum atomic E-state index is 11.3. The number of para-hydroxylation sites is 2. The average Bonchev–Trinajstić information content (AvgIpc) is 3.11. The summed E-state index contributed by atoms with van der Waals surface area (Å²) < 4.78 is 10.6. The number of hydrogen-bond acceptors (Lipinski definition) is 7. The van der Waals surface area contributed by atoms with Crippen molar-refractivity contribution >= 4 is 27.8 Å². The molecule has 26 heavy (non-hydrogen) atoms. The number of benzene rings is 2. The van der Waals surface area contributed by atoms with E-state index < -0.39 is 4.92 Å². The van der Waals surface area contributed by atoms with Crippen LogP contribution in [0.2, 0.25) is 0 Å². The third-order valence-electron chi connectivity index (χ3n) is 3.60. The Morgan fingerprint density at radius 2 is 2.04 bits per heavy atom. The van der Waals surface area contributed by atoms with Crippen molar-refractivity contribution in [2.75, 3.05) is 19.0 Å². The number of nitro groups is 1. The van der Waals surface area contributed by atoms with E-state index >= 15 is 0 Å². The second-order valence-corrected chi connectivity index (χ2v) is 6.09. The summed E-state index contributed by atoms with van der Waals surface area (Å²) in [6.07, 6.45) is 0. The Morgan fingerprint density at radius 1 is 1.23 bits per heavy atom. The molecule has 0 amide bonds. The fraction of sp³-hybridized carbons (Fsp3) is 0.167. The van der Waals surface area contributed by atoms with Crippen molar-refractivity contribution in [1.82, 2.24) is 4.98 Å². The molecule has 3 rings (SSSR count). The maximum Gasteiger partial charge on any atom is 0.311 e. The fourth-order valence-corrected chi connectivity index (χ4v) is 3.16. The van der Waals surface area contributed by atoms with Crippen molar-refractivity contribution in [2.45, 2.75) is 6.92 Å². The molecule has 7 nitrogen and oxygen atoms in total. The zero-order chi connectivity index (χ0) is 18.5. The fourth-order valence-electron chi connectivity index (χ4n) is 2.42. The van der Waals surface area contributed by atoms with Gasteiger partial charge in [0.15, 0.2) is 10.9 Å². The largest absolute Gasteiger partial charge is 0.495 e. The SMILES string of the molecule is CCOc1ccc(-c2csc(Nc3ccccc3OC)n2)cc1[N+](=O)[O-]. The molecule has 0 bridgehead atoms. The molecule has 0 aliphatic rings. The van der Waals surface area contributed by atoms with Gasteiger partial charge in [0.05, 0.1) is 30.0 Å². The number of nitro benzene ring substituents is 1. The van der Waals surface area contributed by atoms with Crippen LogP contribution >= 0.6 is 11.3 Å². The van der Waals surface area contributed by atoms with Crippen molar-refractivity contribution in [2.24, 2.45) is 0 Å². The first-order valence-electron chi connectivity index (χ1n) is 7.89. The van der Waals surface area contributed by atoms with Gasteiger partial charge in [-0.3, -0.25) is 10.1 Å². The van der Waals surface area contributed by atoms with Crippen molar-refractivity contribution in [3.8, 4) is 22.8 Å². The van der Waals surface area contributed by atoms with Crippen LogP contribution in [0.1, 0.15) is 6.92 Å². The molecule has 0 unspecified atom stereocenters. The Morgan fingerprint density at radius 3 is 2.77 bits per heavy atom. The lowest BCUT2D eigenvalue weighted by Gasteiger charge is -2.08. The lowest BCUT2D eigenvalue weighted by molar-refractivity contribution is -0.385. The summed E-state index contributed by atoms with van der Waals surface area (Å²) in [5, 5.41) is 17.0. The number of hydrogen-bond donors (Lipinski definition) is 1. The standard InChI is InChI=1S/C18H17N3O4S/c1-3-25-17-9-8-12(10-15(17)21(22)23)14-11-26-18(20-14)19-13-6-4-5-7-16(13)24-2/h4-11H,3H2,1-2H3,(H,19,20). The molecule has 0 radical (unpaired) electrons. The van der Waals surface area contributed by atoms with E-state index in [4.69, 9.17) is 9.47 Å². The van der Waals surface area contributed by atoms with E-state index in [0.29, 0.717) is 28.7 Å². The van der Waals surface area contributed by atoms with Crippen molar-refractivity contribution < 1.29 is 14.4 Å². The van der Waals surface area contributed by atoms with Gasteiger partial charge in [-0.15, -0.1) is 11.3 Å². The van der Waals surface area contributed by atoms with E-state index in [0.717, 1.165) is 5.69 Å². The normalized spacial score (nSPS) is 10.4. The van der Waals surface area contributed by atoms with E-state index in [-0.39, 0.29) is 11.4 Å². The highest BCUT2D eigenvalue weighted by molar-refractivity contribution is 7.14. The highest BCUT2D eigenvalue weighted by Crippen LogP contribution is 2.35.